The molecule has 0 N–H and O–H groups in total. The van der Waals surface area contributed by atoms with E-state index in [1.165, 1.54) is 0 Å². The fourth-order valence-corrected chi connectivity index (χ4v) is 3.53. The van der Waals surface area contributed by atoms with Crippen LogP contribution >= 0.6 is 11.6 Å². The van der Waals surface area contributed by atoms with Gasteiger partial charge in [0.25, 0.3) is 5.91 Å². The third kappa shape index (κ3) is 3.28. The number of carbonyl (C=O) groups is 1. The molecule has 8 heteroatoms. The summed E-state index contributed by atoms with van der Waals surface area (Å²) in [6.07, 6.45) is 1.74. The predicted octanol–water partition coefficient (Wildman–Crippen LogP) is 2.53. The Hall–Kier alpha value is -2.51. The van der Waals surface area contributed by atoms with Crippen molar-refractivity contribution in [2.75, 3.05) is 32.7 Å². The molecule has 0 saturated carbocycles. The van der Waals surface area contributed by atoms with Crippen molar-refractivity contribution < 1.29 is 4.79 Å². The summed E-state index contributed by atoms with van der Waals surface area (Å²) in [6, 6.07) is 7.49. The molecule has 7 nitrogen and oxygen atoms in total. The number of piperazine rings is 1. The number of aromatic nitrogens is 4. The summed E-state index contributed by atoms with van der Waals surface area (Å²) < 4.78 is 1.69. The standard InChI is InChI=1S/C19H21ClN6O/c1-3-24-8-10-25(11-9-24)19(27)17-13(2)26-18(23-22-17)16(12-21-26)14-4-6-15(20)7-5-14/h4-7,12H,3,8-11H2,1-2H3. The molecule has 2 aromatic heterocycles. The van der Waals surface area contributed by atoms with Gasteiger partial charge in [-0.25, -0.2) is 4.52 Å². The van der Waals surface area contributed by atoms with Crippen LogP contribution in [-0.2, 0) is 0 Å². The molecule has 0 radical (unpaired) electrons. The van der Waals surface area contributed by atoms with Crippen LogP contribution < -0.4 is 0 Å². The van der Waals surface area contributed by atoms with Gasteiger partial charge >= 0.3 is 0 Å². The molecule has 3 aromatic rings. The number of likely N-dealkylation sites (N-methyl/N-ethyl adjacent to an activating group) is 1. The fraction of sp³-hybridized carbons (Fsp3) is 0.368. The van der Waals surface area contributed by atoms with Gasteiger partial charge < -0.3 is 9.80 Å². The van der Waals surface area contributed by atoms with E-state index in [2.05, 4.69) is 27.1 Å². The summed E-state index contributed by atoms with van der Waals surface area (Å²) in [7, 11) is 0. The Balaban J connectivity index is 1.65. The normalized spacial score (nSPS) is 15.4. The van der Waals surface area contributed by atoms with Crippen molar-refractivity contribution in [2.45, 2.75) is 13.8 Å². The van der Waals surface area contributed by atoms with Crippen molar-refractivity contribution in [3.8, 4) is 11.1 Å². The topological polar surface area (TPSA) is 66.6 Å². The minimum Gasteiger partial charge on any atom is -0.335 e. The second-order valence-corrected chi connectivity index (χ2v) is 7.10. The lowest BCUT2D eigenvalue weighted by Gasteiger charge is -2.33. The quantitative estimate of drug-likeness (QED) is 0.694. The van der Waals surface area contributed by atoms with Crippen LogP contribution in [0, 0.1) is 6.92 Å². The Bertz CT molecular complexity index is 976. The van der Waals surface area contributed by atoms with Crippen LogP contribution in [0.2, 0.25) is 5.02 Å². The number of nitrogens with zero attached hydrogens (tertiary/aromatic N) is 6. The number of carbonyl (C=O) groups excluding carboxylic acids is 1. The van der Waals surface area contributed by atoms with Crippen LogP contribution in [0.5, 0.6) is 0 Å². The molecule has 140 valence electrons. The van der Waals surface area contributed by atoms with Gasteiger partial charge in [-0.1, -0.05) is 30.7 Å². The maximum atomic E-state index is 12.9. The summed E-state index contributed by atoms with van der Waals surface area (Å²) in [5.74, 6) is -0.0822. The highest BCUT2D eigenvalue weighted by Crippen LogP contribution is 2.25. The average molecular weight is 385 g/mol. The van der Waals surface area contributed by atoms with Crippen molar-refractivity contribution in [1.29, 1.82) is 0 Å². The Morgan fingerprint density at radius 2 is 1.81 bits per heavy atom. The molecule has 1 aliphatic heterocycles. The average Bonchev–Trinajstić information content (AvgIpc) is 3.13. The highest BCUT2D eigenvalue weighted by atomic mass is 35.5. The van der Waals surface area contributed by atoms with Gasteiger partial charge in [0.15, 0.2) is 11.3 Å². The maximum absolute atomic E-state index is 12.9. The van der Waals surface area contributed by atoms with E-state index in [4.69, 9.17) is 11.6 Å². The van der Waals surface area contributed by atoms with Crippen molar-refractivity contribution in [1.82, 2.24) is 29.6 Å². The van der Waals surface area contributed by atoms with Crippen molar-refractivity contribution in [3.05, 3.63) is 46.9 Å². The van der Waals surface area contributed by atoms with E-state index in [-0.39, 0.29) is 5.91 Å². The number of hydrogen-bond donors (Lipinski definition) is 0. The number of hydrogen-bond acceptors (Lipinski definition) is 5. The van der Waals surface area contributed by atoms with E-state index >= 15 is 0 Å². The van der Waals surface area contributed by atoms with Gasteiger partial charge in [-0.05, 0) is 31.2 Å². The zero-order valence-corrected chi connectivity index (χ0v) is 16.1. The van der Waals surface area contributed by atoms with E-state index < -0.39 is 0 Å². The van der Waals surface area contributed by atoms with Crippen LogP contribution in [-0.4, -0.2) is 68.2 Å². The number of fused-ring (bicyclic) bond motifs is 1. The molecule has 1 aromatic carbocycles. The predicted molar refractivity (Wildman–Crippen MR) is 104 cm³/mol. The number of benzene rings is 1. The molecule has 0 spiro atoms. The lowest BCUT2D eigenvalue weighted by atomic mass is 10.1. The molecular formula is C19H21ClN6O. The van der Waals surface area contributed by atoms with E-state index in [0.29, 0.717) is 35.1 Å². The van der Waals surface area contributed by atoms with Gasteiger partial charge in [-0.2, -0.15) is 5.10 Å². The van der Waals surface area contributed by atoms with Crippen molar-refractivity contribution in [2.24, 2.45) is 0 Å². The van der Waals surface area contributed by atoms with Gasteiger partial charge in [-0.15, -0.1) is 10.2 Å². The van der Waals surface area contributed by atoms with Gasteiger partial charge in [0.05, 0.1) is 11.9 Å². The van der Waals surface area contributed by atoms with Crippen LogP contribution in [0.4, 0.5) is 0 Å². The van der Waals surface area contributed by atoms with Crippen LogP contribution in [0.3, 0.4) is 0 Å². The number of rotatable bonds is 3. The lowest BCUT2D eigenvalue weighted by Crippen LogP contribution is -2.48. The second-order valence-electron chi connectivity index (χ2n) is 6.66. The Kier molecular flexibility index (Phi) is 4.80. The van der Waals surface area contributed by atoms with Gasteiger partial charge in [0.1, 0.15) is 0 Å². The van der Waals surface area contributed by atoms with E-state index in [0.717, 1.165) is 30.8 Å². The Morgan fingerprint density at radius 1 is 1.11 bits per heavy atom. The summed E-state index contributed by atoms with van der Waals surface area (Å²) >= 11 is 5.97. The van der Waals surface area contributed by atoms with Gasteiger partial charge in [0.2, 0.25) is 0 Å². The summed E-state index contributed by atoms with van der Waals surface area (Å²) in [5.41, 5.74) is 3.50. The molecule has 0 bridgehead atoms. The summed E-state index contributed by atoms with van der Waals surface area (Å²) in [4.78, 5) is 17.1. The zero-order chi connectivity index (χ0) is 19.0. The SMILES string of the molecule is CCN1CCN(C(=O)c2nnc3c(-c4ccc(Cl)cc4)cnn3c2C)CC1. The molecule has 0 aliphatic carbocycles. The highest BCUT2D eigenvalue weighted by Gasteiger charge is 2.25. The molecule has 1 fully saturated rings. The zero-order valence-electron chi connectivity index (χ0n) is 15.4. The Labute approximate surface area is 162 Å². The third-order valence-corrected chi connectivity index (χ3v) is 5.37. The molecule has 1 aliphatic rings. The molecule has 27 heavy (non-hydrogen) atoms. The monoisotopic (exact) mass is 384 g/mol. The molecule has 0 unspecified atom stereocenters. The van der Waals surface area contributed by atoms with E-state index in [9.17, 15) is 4.79 Å². The first kappa shape index (κ1) is 17.9. The minimum absolute atomic E-state index is 0.0822. The largest absolute Gasteiger partial charge is 0.335 e. The van der Waals surface area contributed by atoms with Crippen LogP contribution in [0.25, 0.3) is 16.8 Å². The summed E-state index contributed by atoms with van der Waals surface area (Å²) in [6.45, 7) is 8.20. The number of aryl methyl sites for hydroxylation is 1. The van der Waals surface area contributed by atoms with Crippen LogP contribution in [0.15, 0.2) is 30.5 Å². The molecule has 1 amide bonds. The summed E-state index contributed by atoms with van der Waals surface area (Å²) in [5, 5.41) is 13.7. The first-order chi connectivity index (χ1) is 13.1. The van der Waals surface area contributed by atoms with E-state index in [1.54, 1.807) is 10.7 Å². The fourth-order valence-electron chi connectivity index (χ4n) is 3.40. The van der Waals surface area contributed by atoms with Crippen LogP contribution in [0.1, 0.15) is 23.1 Å². The van der Waals surface area contributed by atoms with Crippen molar-refractivity contribution >= 4 is 23.2 Å². The smallest absolute Gasteiger partial charge is 0.276 e. The highest BCUT2D eigenvalue weighted by molar-refractivity contribution is 6.30. The molecule has 1 saturated heterocycles. The molecule has 0 atom stereocenters. The minimum atomic E-state index is -0.0822. The number of amides is 1. The number of halogens is 1. The second kappa shape index (κ2) is 7.25. The maximum Gasteiger partial charge on any atom is 0.276 e. The first-order valence-corrected chi connectivity index (χ1v) is 9.45. The lowest BCUT2D eigenvalue weighted by molar-refractivity contribution is 0.0634. The molecule has 3 heterocycles. The Morgan fingerprint density at radius 3 is 2.48 bits per heavy atom. The van der Waals surface area contributed by atoms with E-state index in [1.807, 2.05) is 36.1 Å². The molecular weight excluding hydrogens is 364 g/mol. The van der Waals surface area contributed by atoms with Gasteiger partial charge in [0, 0.05) is 36.8 Å². The third-order valence-electron chi connectivity index (χ3n) is 5.11. The van der Waals surface area contributed by atoms with Gasteiger partial charge in [-0.3, -0.25) is 4.79 Å². The van der Waals surface area contributed by atoms with Crippen molar-refractivity contribution in [3.63, 3.8) is 0 Å². The first-order valence-electron chi connectivity index (χ1n) is 9.07. The molecule has 4 rings (SSSR count).